The molecule has 0 spiro atoms. The van der Waals surface area contributed by atoms with Crippen molar-refractivity contribution in [1.29, 1.82) is 0 Å². The van der Waals surface area contributed by atoms with Gasteiger partial charge >= 0.3 is 0 Å². The van der Waals surface area contributed by atoms with Crippen LogP contribution < -0.4 is 11.1 Å². The third kappa shape index (κ3) is 2.72. The van der Waals surface area contributed by atoms with Crippen molar-refractivity contribution < 1.29 is 9.59 Å². The van der Waals surface area contributed by atoms with Gasteiger partial charge in [0.2, 0.25) is 5.91 Å². The number of halogens is 1. The molecule has 0 aliphatic carbocycles. The van der Waals surface area contributed by atoms with Gasteiger partial charge in [0.15, 0.2) is 0 Å². The van der Waals surface area contributed by atoms with Crippen molar-refractivity contribution in [3.05, 3.63) is 41.0 Å². The lowest BCUT2D eigenvalue weighted by atomic mass is 10.0. The van der Waals surface area contributed by atoms with Crippen LogP contribution in [0, 0.1) is 0 Å². The van der Waals surface area contributed by atoms with Gasteiger partial charge in [0, 0.05) is 5.39 Å². The second kappa shape index (κ2) is 5.09. The molecular weight excluding hydrogens is 278 g/mol. The summed E-state index contributed by atoms with van der Waals surface area (Å²) >= 11 is 6.13. The lowest BCUT2D eigenvalue weighted by Crippen LogP contribution is -2.53. The predicted molar refractivity (Wildman–Crippen MR) is 77.5 cm³/mol. The first kappa shape index (κ1) is 14.3. The zero-order valence-corrected chi connectivity index (χ0v) is 11.9. The van der Waals surface area contributed by atoms with E-state index in [0.717, 1.165) is 5.39 Å². The van der Waals surface area contributed by atoms with Gasteiger partial charge in [-0.2, -0.15) is 0 Å². The minimum absolute atomic E-state index is 0.142. The fraction of sp³-hybridized carbons (Fsp3) is 0.214. The Balaban J connectivity index is 2.38. The third-order valence-corrected chi connectivity index (χ3v) is 3.25. The number of hydrogen-bond acceptors (Lipinski definition) is 3. The zero-order chi connectivity index (χ0) is 14.9. The molecule has 1 aromatic carbocycles. The van der Waals surface area contributed by atoms with Gasteiger partial charge in [-0.15, -0.1) is 0 Å². The van der Waals surface area contributed by atoms with Crippen molar-refractivity contribution in [3.63, 3.8) is 0 Å². The molecule has 1 aromatic heterocycles. The van der Waals surface area contributed by atoms with Gasteiger partial charge in [-0.25, -0.2) is 4.98 Å². The van der Waals surface area contributed by atoms with E-state index in [-0.39, 0.29) is 5.69 Å². The Hall–Kier alpha value is -2.14. The smallest absolute Gasteiger partial charge is 0.270 e. The van der Waals surface area contributed by atoms with E-state index in [1.807, 2.05) is 12.1 Å². The highest BCUT2D eigenvalue weighted by Gasteiger charge is 2.28. The number of amides is 2. The maximum atomic E-state index is 12.1. The van der Waals surface area contributed by atoms with Crippen LogP contribution in [0.25, 0.3) is 10.9 Å². The Morgan fingerprint density at radius 2 is 1.95 bits per heavy atom. The lowest BCUT2D eigenvalue weighted by molar-refractivity contribution is -0.122. The van der Waals surface area contributed by atoms with Crippen LogP contribution in [-0.4, -0.2) is 22.3 Å². The molecule has 0 atom stereocenters. The highest BCUT2D eigenvalue weighted by molar-refractivity contribution is 6.35. The van der Waals surface area contributed by atoms with Gasteiger partial charge in [-0.05, 0) is 26.0 Å². The summed E-state index contributed by atoms with van der Waals surface area (Å²) in [6, 6.07) is 8.69. The van der Waals surface area contributed by atoms with Gasteiger partial charge in [0.05, 0.1) is 10.5 Å². The second-order valence-corrected chi connectivity index (χ2v) is 5.36. The van der Waals surface area contributed by atoms with E-state index in [0.29, 0.717) is 10.5 Å². The second-order valence-electron chi connectivity index (χ2n) is 4.95. The zero-order valence-electron chi connectivity index (χ0n) is 11.1. The normalized spacial score (nSPS) is 11.3. The number of nitrogens with one attached hydrogen (secondary N) is 1. The molecule has 6 heteroatoms. The van der Waals surface area contributed by atoms with Crippen LogP contribution >= 0.6 is 11.6 Å². The Morgan fingerprint density at radius 3 is 2.60 bits per heavy atom. The molecule has 0 radical (unpaired) electrons. The predicted octanol–water partition coefficient (Wildman–Crippen LogP) is 1.88. The summed E-state index contributed by atoms with van der Waals surface area (Å²) in [6.07, 6.45) is 0. The van der Waals surface area contributed by atoms with Crippen molar-refractivity contribution in [2.75, 3.05) is 0 Å². The summed E-state index contributed by atoms with van der Waals surface area (Å²) < 4.78 is 0. The van der Waals surface area contributed by atoms with Crippen molar-refractivity contribution in [2.24, 2.45) is 5.73 Å². The van der Waals surface area contributed by atoms with Crippen molar-refractivity contribution >= 4 is 34.3 Å². The summed E-state index contributed by atoms with van der Waals surface area (Å²) in [7, 11) is 0. The molecule has 0 saturated carbocycles. The highest BCUT2D eigenvalue weighted by atomic mass is 35.5. The average Bonchev–Trinajstić information content (AvgIpc) is 2.38. The number of pyridine rings is 1. The van der Waals surface area contributed by atoms with Crippen molar-refractivity contribution in [1.82, 2.24) is 10.3 Å². The van der Waals surface area contributed by atoms with E-state index in [1.165, 1.54) is 19.9 Å². The maximum Gasteiger partial charge on any atom is 0.270 e. The number of para-hydroxylation sites is 1. The van der Waals surface area contributed by atoms with E-state index in [1.54, 1.807) is 12.1 Å². The van der Waals surface area contributed by atoms with Crippen LogP contribution in [0.2, 0.25) is 5.02 Å². The molecule has 0 saturated heterocycles. The molecule has 2 aromatic rings. The van der Waals surface area contributed by atoms with Gasteiger partial charge < -0.3 is 11.1 Å². The largest absolute Gasteiger partial charge is 0.368 e. The molecule has 0 bridgehead atoms. The molecule has 20 heavy (non-hydrogen) atoms. The topological polar surface area (TPSA) is 85.1 Å². The SMILES string of the molecule is CC(C)(NC(=O)c1cc(Cl)c2ccccc2n1)C(N)=O. The monoisotopic (exact) mass is 291 g/mol. The molecule has 0 aliphatic rings. The molecule has 3 N–H and O–H groups in total. The number of aromatic nitrogens is 1. The Labute approximate surface area is 121 Å². The molecule has 104 valence electrons. The van der Waals surface area contributed by atoms with Crippen molar-refractivity contribution in [2.45, 2.75) is 19.4 Å². The Kier molecular flexibility index (Phi) is 3.63. The highest BCUT2D eigenvalue weighted by Crippen LogP contribution is 2.22. The first-order valence-corrected chi connectivity index (χ1v) is 6.37. The molecule has 1 heterocycles. The number of carbonyl (C=O) groups is 2. The fourth-order valence-electron chi connectivity index (χ4n) is 1.66. The molecule has 2 rings (SSSR count). The molecule has 0 fully saturated rings. The van der Waals surface area contributed by atoms with Crippen LogP contribution in [0.1, 0.15) is 24.3 Å². The van der Waals surface area contributed by atoms with Crippen LogP contribution in [0.5, 0.6) is 0 Å². The quantitative estimate of drug-likeness (QED) is 0.905. The number of hydrogen-bond donors (Lipinski definition) is 2. The third-order valence-electron chi connectivity index (χ3n) is 2.94. The summed E-state index contributed by atoms with van der Waals surface area (Å²) in [4.78, 5) is 27.6. The average molecular weight is 292 g/mol. The summed E-state index contributed by atoms with van der Waals surface area (Å²) in [5.74, 6) is -1.13. The first-order valence-electron chi connectivity index (χ1n) is 5.99. The van der Waals surface area contributed by atoms with Crippen LogP contribution in [0.3, 0.4) is 0 Å². The van der Waals surface area contributed by atoms with Gasteiger partial charge in [-0.3, -0.25) is 9.59 Å². The molecule has 2 amide bonds. The van der Waals surface area contributed by atoms with Crippen LogP contribution in [0.4, 0.5) is 0 Å². The van der Waals surface area contributed by atoms with E-state index in [4.69, 9.17) is 17.3 Å². The molecular formula is C14H14ClN3O2. The number of carbonyl (C=O) groups excluding carboxylic acids is 2. The maximum absolute atomic E-state index is 12.1. The van der Waals surface area contributed by atoms with E-state index < -0.39 is 17.4 Å². The Morgan fingerprint density at radius 1 is 1.30 bits per heavy atom. The number of benzene rings is 1. The molecule has 0 aliphatic heterocycles. The number of primary amides is 1. The Bertz CT molecular complexity index is 698. The summed E-state index contributed by atoms with van der Waals surface area (Å²) in [6.45, 7) is 3.05. The van der Waals surface area contributed by atoms with Crippen LogP contribution in [0.15, 0.2) is 30.3 Å². The minimum Gasteiger partial charge on any atom is -0.368 e. The van der Waals surface area contributed by atoms with Crippen molar-refractivity contribution in [3.8, 4) is 0 Å². The standard InChI is InChI=1S/C14H14ClN3O2/c1-14(2,13(16)20)18-12(19)11-7-9(15)8-5-3-4-6-10(8)17-11/h3-7H,1-2H3,(H2,16,20)(H,18,19). The number of nitrogens with two attached hydrogens (primary N) is 1. The lowest BCUT2D eigenvalue weighted by Gasteiger charge is -2.22. The van der Waals surface area contributed by atoms with Gasteiger partial charge in [-0.1, -0.05) is 29.8 Å². The fourth-order valence-corrected chi connectivity index (χ4v) is 1.92. The van der Waals surface area contributed by atoms with Crippen LogP contribution in [-0.2, 0) is 4.79 Å². The number of nitrogens with zero attached hydrogens (tertiary/aromatic N) is 1. The molecule has 0 unspecified atom stereocenters. The van der Waals surface area contributed by atoms with E-state index in [9.17, 15) is 9.59 Å². The molecule has 5 nitrogen and oxygen atoms in total. The number of rotatable bonds is 3. The van der Waals surface area contributed by atoms with Gasteiger partial charge in [0.25, 0.3) is 5.91 Å². The number of fused-ring (bicyclic) bond motifs is 1. The first-order chi connectivity index (χ1) is 9.31. The van der Waals surface area contributed by atoms with Gasteiger partial charge in [0.1, 0.15) is 11.2 Å². The minimum atomic E-state index is -1.16. The van der Waals surface area contributed by atoms with E-state index in [2.05, 4.69) is 10.3 Å². The summed E-state index contributed by atoms with van der Waals surface area (Å²) in [5, 5.41) is 3.72. The van der Waals surface area contributed by atoms with E-state index >= 15 is 0 Å². The summed E-state index contributed by atoms with van der Waals surface area (Å²) in [5.41, 5.74) is 4.82.